The molecule has 0 aromatic carbocycles. The van der Waals surface area contributed by atoms with Gasteiger partial charge in [-0.3, -0.25) is 0 Å². The lowest BCUT2D eigenvalue weighted by atomic mass is 11.4. The maximum atomic E-state index is 4.86. The lowest BCUT2D eigenvalue weighted by Gasteiger charge is -1.68. The predicted molar refractivity (Wildman–Crippen MR) is 23.3 cm³/mol. The number of halogens is 2. The first-order valence-electron chi connectivity index (χ1n) is 0.870. The van der Waals surface area contributed by atoms with Crippen LogP contribution >= 0.6 is 23.4 Å². The van der Waals surface area contributed by atoms with Gasteiger partial charge in [-0.1, -0.05) is 0 Å². The summed E-state index contributed by atoms with van der Waals surface area (Å²) in [7, 11) is 0. The van der Waals surface area contributed by atoms with Crippen molar-refractivity contribution in [2.75, 3.05) is 0 Å². The molecule has 0 aliphatic heterocycles. The summed E-state index contributed by atoms with van der Waals surface area (Å²) in [5.41, 5.74) is 4.68. The number of hydrogen-bond acceptors (Lipinski definition) is 1. The van der Waals surface area contributed by atoms with Crippen LogP contribution in [0.2, 0.25) is 0 Å². The third-order valence-electron chi connectivity index (χ3n) is 0.0807. The van der Waals surface area contributed by atoms with Gasteiger partial charge in [0.25, 0.3) is 0 Å². The van der Waals surface area contributed by atoms with Crippen LogP contribution in [0.5, 0.6) is 0 Å². The van der Waals surface area contributed by atoms with Crippen LogP contribution in [0.25, 0.3) is 0 Å². The average molecular weight is 113 g/mol. The summed E-state index contributed by atoms with van der Waals surface area (Å²) in [6, 6.07) is 0. The molecule has 0 aromatic heterocycles. The Hall–Kier alpha value is 0.0500. The van der Waals surface area contributed by atoms with Crippen LogP contribution in [0.4, 0.5) is 0 Å². The van der Waals surface area contributed by atoms with Gasteiger partial charge in [-0.2, -0.15) is 0 Å². The quantitative estimate of drug-likeness (QED) is 0.280. The summed E-state index contributed by atoms with van der Waals surface area (Å²) in [5, 5.41) is -0.133. The van der Waals surface area contributed by atoms with Crippen molar-refractivity contribution in [1.82, 2.24) is 0 Å². The molecule has 0 fully saturated rings. The van der Waals surface area contributed by atoms with Crippen molar-refractivity contribution < 1.29 is 0 Å². The first-order chi connectivity index (χ1) is 2.27. The summed E-state index contributed by atoms with van der Waals surface area (Å²) in [6.07, 6.45) is 0. The second kappa shape index (κ2) is 2.30. The van der Waals surface area contributed by atoms with Crippen molar-refractivity contribution in [2.45, 2.75) is 0 Å². The zero-order chi connectivity index (χ0) is 4.28. The van der Waals surface area contributed by atoms with E-state index in [-0.39, 0.29) is 5.29 Å². The Morgan fingerprint density at radius 3 is 2.00 bits per heavy atom. The molecular weight excluding hydrogens is 111 g/mol. The maximum Gasteiger partial charge on any atom is 0.206 e. The highest BCUT2D eigenvalue weighted by Crippen LogP contribution is 1.77. The first kappa shape index (κ1) is 5.05. The molecular formula is CH2Cl2N2. The van der Waals surface area contributed by atoms with Gasteiger partial charge in [0.15, 0.2) is 0 Å². The molecule has 0 heterocycles. The van der Waals surface area contributed by atoms with Crippen LogP contribution in [0.1, 0.15) is 0 Å². The highest BCUT2D eigenvalue weighted by molar-refractivity contribution is 6.65. The van der Waals surface area contributed by atoms with Gasteiger partial charge in [0.2, 0.25) is 5.29 Å². The number of nitrogens with two attached hydrogens (primary N) is 1. The fourth-order valence-corrected chi connectivity index (χ4v) is 0. The third-order valence-corrected chi connectivity index (χ3v) is 0.434. The summed E-state index contributed by atoms with van der Waals surface area (Å²) >= 11 is 9.53. The third kappa shape index (κ3) is 4.05. The number of nitrogens with zero attached hydrogens (tertiary/aromatic N) is 1. The molecule has 0 aliphatic rings. The minimum absolute atomic E-state index is 0.133. The highest BCUT2D eigenvalue weighted by Gasteiger charge is 1.68. The highest BCUT2D eigenvalue weighted by atomic mass is 35.5. The Bertz CT molecular complexity index is 45.6. The SMILES string of the molecule is NC(Cl)=NCl. The van der Waals surface area contributed by atoms with Gasteiger partial charge in [-0.15, -0.1) is 4.51 Å². The summed E-state index contributed by atoms with van der Waals surface area (Å²) in [6.45, 7) is 0. The maximum absolute atomic E-state index is 4.86. The van der Waals surface area contributed by atoms with Crippen molar-refractivity contribution in [2.24, 2.45) is 10.2 Å². The molecule has 0 saturated heterocycles. The van der Waals surface area contributed by atoms with Crippen molar-refractivity contribution >= 4 is 28.7 Å². The minimum Gasteiger partial charge on any atom is -0.373 e. The number of rotatable bonds is 0. The van der Waals surface area contributed by atoms with Crippen LogP contribution in [-0.2, 0) is 0 Å². The van der Waals surface area contributed by atoms with E-state index >= 15 is 0 Å². The molecule has 0 atom stereocenters. The average Bonchev–Trinajstić information content (AvgIpc) is 1.38. The Morgan fingerprint density at radius 2 is 2.00 bits per heavy atom. The molecule has 4 heteroatoms. The van der Waals surface area contributed by atoms with E-state index in [1.165, 1.54) is 0 Å². The zero-order valence-electron chi connectivity index (χ0n) is 2.28. The molecule has 5 heavy (non-hydrogen) atoms. The van der Waals surface area contributed by atoms with Crippen molar-refractivity contribution in [3.05, 3.63) is 0 Å². The molecule has 0 aromatic rings. The fraction of sp³-hybridized carbons (Fsp3) is 0. The van der Waals surface area contributed by atoms with Gasteiger partial charge in [0, 0.05) is 11.8 Å². The van der Waals surface area contributed by atoms with Gasteiger partial charge >= 0.3 is 0 Å². The van der Waals surface area contributed by atoms with E-state index in [1.54, 1.807) is 0 Å². The van der Waals surface area contributed by atoms with Crippen LogP contribution in [0.3, 0.4) is 0 Å². The first-order valence-corrected chi connectivity index (χ1v) is 1.59. The van der Waals surface area contributed by atoms with Crippen molar-refractivity contribution in [1.29, 1.82) is 0 Å². The van der Waals surface area contributed by atoms with E-state index < -0.39 is 0 Å². The Labute approximate surface area is 39.7 Å². The molecule has 0 aliphatic carbocycles. The zero-order valence-corrected chi connectivity index (χ0v) is 3.79. The largest absolute Gasteiger partial charge is 0.373 e. The molecule has 0 unspecified atom stereocenters. The molecule has 2 N–H and O–H groups in total. The van der Waals surface area contributed by atoms with Crippen LogP contribution in [-0.4, -0.2) is 5.29 Å². The molecule has 0 saturated carbocycles. The molecule has 30 valence electrons. The lowest BCUT2D eigenvalue weighted by Crippen LogP contribution is -1.98. The topological polar surface area (TPSA) is 38.4 Å². The minimum atomic E-state index is -0.133. The molecule has 0 amide bonds. The fourth-order valence-electron chi connectivity index (χ4n) is 0. The smallest absolute Gasteiger partial charge is 0.206 e. The summed E-state index contributed by atoms with van der Waals surface area (Å²) in [5.74, 6) is 0. The molecule has 0 radical (unpaired) electrons. The molecule has 0 rings (SSSR count). The Balaban J connectivity index is 3.14. The van der Waals surface area contributed by atoms with E-state index in [0.29, 0.717) is 0 Å². The second-order valence-corrected chi connectivity index (χ2v) is 0.964. The van der Waals surface area contributed by atoms with Gasteiger partial charge in [0.1, 0.15) is 0 Å². The summed E-state index contributed by atoms with van der Waals surface area (Å²) in [4.78, 5) is 0. The van der Waals surface area contributed by atoms with Crippen LogP contribution in [0, 0.1) is 0 Å². The second-order valence-electron chi connectivity index (χ2n) is 0.407. The molecule has 2 nitrogen and oxygen atoms in total. The summed E-state index contributed by atoms with van der Waals surface area (Å²) < 4.78 is 2.82. The van der Waals surface area contributed by atoms with E-state index in [4.69, 9.17) is 11.6 Å². The number of hydrogen-bond donors (Lipinski definition) is 1. The van der Waals surface area contributed by atoms with E-state index in [0.717, 1.165) is 0 Å². The molecule has 0 bridgehead atoms. The van der Waals surface area contributed by atoms with Crippen LogP contribution < -0.4 is 5.73 Å². The normalized spacial score (nSPS) is 12.0. The lowest BCUT2D eigenvalue weighted by molar-refractivity contribution is 1.74. The standard InChI is InChI=1S/CH2Cl2N2/c2-1(4)5-3/h(H2,4,5). The van der Waals surface area contributed by atoms with Gasteiger partial charge < -0.3 is 5.73 Å². The van der Waals surface area contributed by atoms with Crippen molar-refractivity contribution in [3.8, 4) is 0 Å². The molecule has 0 spiro atoms. The Kier molecular flexibility index (Phi) is 2.32. The monoisotopic (exact) mass is 112 g/mol. The van der Waals surface area contributed by atoms with Crippen molar-refractivity contribution in [3.63, 3.8) is 0 Å². The van der Waals surface area contributed by atoms with Gasteiger partial charge in [0.05, 0.1) is 0 Å². The number of amidine groups is 1. The van der Waals surface area contributed by atoms with E-state index in [9.17, 15) is 0 Å². The van der Waals surface area contributed by atoms with Crippen LogP contribution in [0.15, 0.2) is 4.51 Å². The predicted octanol–water partition coefficient (Wildman–Crippen LogP) is 0.694. The van der Waals surface area contributed by atoms with E-state index in [1.807, 2.05) is 0 Å². The van der Waals surface area contributed by atoms with Gasteiger partial charge in [-0.25, -0.2) is 0 Å². The Morgan fingerprint density at radius 1 is 1.80 bits per heavy atom. The van der Waals surface area contributed by atoms with E-state index in [2.05, 4.69) is 22.0 Å². The van der Waals surface area contributed by atoms with Gasteiger partial charge in [-0.05, 0) is 11.6 Å².